The third-order valence-corrected chi connectivity index (χ3v) is 7.36. The highest BCUT2D eigenvalue weighted by Crippen LogP contribution is 2.28. The molecule has 3 aromatic rings. The lowest BCUT2D eigenvalue weighted by atomic mass is 10.1. The lowest BCUT2D eigenvalue weighted by Crippen LogP contribution is -2.46. The molecule has 1 fully saturated rings. The van der Waals surface area contributed by atoms with Gasteiger partial charge < -0.3 is 14.7 Å². The molecule has 4 rings (SSSR count). The van der Waals surface area contributed by atoms with E-state index in [-0.39, 0.29) is 16.1 Å². The second-order valence-corrected chi connectivity index (χ2v) is 10.1. The maximum Gasteiger partial charge on any atom is 0.336 e. The Labute approximate surface area is 205 Å². The first kappa shape index (κ1) is 24.7. The molecule has 10 heteroatoms. The van der Waals surface area contributed by atoms with Gasteiger partial charge in [0.25, 0.3) is 10.0 Å². The van der Waals surface area contributed by atoms with E-state index in [1.165, 1.54) is 18.2 Å². The monoisotopic (exact) mass is 498 g/mol. The molecule has 1 aliphatic heterocycles. The molecular weight excluding hydrogens is 468 g/mol. The summed E-state index contributed by atoms with van der Waals surface area (Å²) in [7, 11) is -3.87. The molecule has 35 heavy (non-hydrogen) atoms. The van der Waals surface area contributed by atoms with Crippen LogP contribution in [-0.2, 0) is 10.0 Å². The van der Waals surface area contributed by atoms with E-state index in [1.54, 1.807) is 30.3 Å². The molecule has 0 amide bonds. The van der Waals surface area contributed by atoms with Crippen LogP contribution in [0.5, 0.6) is 5.75 Å². The van der Waals surface area contributed by atoms with Crippen molar-refractivity contribution in [1.29, 1.82) is 0 Å². The Hall–Kier alpha value is -3.37. The quantitative estimate of drug-likeness (QED) is 0.460. The van der Waals surface area contributed by atoms with E-state index in [4.69, 9.17) is 4.74 Å². The van der Waals surface area contributed by atoms with Gasteiger partial charge in [0, 0.05) is 37.3 Å². The Morgan fingerprint density at radius 3 is 2.40 bits per heavy atom. The van der Waals surface area contributed by atoms with Gasteiger partial charge in [0.15, 0.2) is 0 Å². The van der Waals surface area contributed by atoms with Gasteiger partial charge in [0.2, 0.25) is 0 Å². The molecule has 1 aliphatic rings. The number of carboxylic acids is 1. The highest BCUT2D eigenvalue weighted by Gasteiger charge is 2.21. The SMILES string of the molecule is CCCN1CCN(c2cc(C(=O)O)c3cc(NS(=O)(=O)c4ccc(OCC)cc4)ccc3n2)CC1. The zero-order valence-corrected chi connectivity index (χ0v) is 20.7. The molecule has 2 N–H and O–H groups in total. The Balaban J connectivity index is 1.60. The van der Waals surface area contributed by atoms with E-state index in [9.17, 15) is 18.3 Å². The van der Waals surface area contributed by atoms with E-state index in [1.807, 2.05) is 6.92 Å². The largest absolute Gasteiger partial charge is 0.494 e. The average Bonchev–Trinajstić information content (AvgIpc) is 2.84. The highest BCUT2D eigenvalue weighted by molar-refractivity contribution is 7.92. The fourth-order valence-electron chi connectivity index (χ4n) is 4.23. The average molecular weight is 499 g/mol. The fraction of sp³-hybridized carbons (Fsp3) is 0.360. The van der Waals surface area contributed by atoms with Gasteiger partial charge in [-0.3, -0.25) is 9.62 Å². The van der Waals surface area contributed by atoms with Gasteiger partial charge in [0.05, 0.1) is 22.6 Å². The van der Waals surface area contributed by atoms with E-state index in [0.29, 0.717) is 29.1 Å². The predicted molar refractivity (Wildman–Crippen MR) is 136 cm³/mol. The first-order chi connectivity index (χ1) is 16.8. The number of aromatic carboxylic acids is 1. The lowest BCUT2D eigenvalue weighted by molar-refractivity contribution is 0.0699. The molecule has 2 aromatic carbocycles. The summed E-state index contributed by atoms with van der Waals surface area (Å²) in [6.07, 6.45) is 1.10. The van der Waals surface area contributed by atoms with Crippen LogP contribution in [0.3, 0.4) is 0 Å². The first-order valence-electron chi connectivity index (χ1n) is 11.7. The van der Waals surface area contributed by atoms with Crippen LogP contribution in [0.15, 0.2) is 53.4 Å². The fourth-order valence-corrected chi connectivity index (χ4v) is 5.28. The van der Waals surface area contributed by atoms with Crippen molar-refractivity contribution in [1.82, 2.24) is 9.88 Å². The van der Waals surface area contributed by atoms with E-state index in [0.717, 1.165) is 39.1 Å². The second kappa shape index (κ2) is 10.5. The number of carbonyl (C=O) groups is 1. The van der Waals surface area contributed by atoms with Gasteiger partial charge in [-0.25, -0.2) is 18.2 Å². The minimum atomic E-state index is -3.87. The number of benzene rings is 2. The van der Waals surface area contributed by atoms with Crippen molar-refractivity contribution in [2.45, 2.75) is 25.2 Å². The number of carboxylic acid groups (broad SMARTS) is 1. The number of nitrogens with zero attached hydrogens (tertiary/aromatic N) is 3. The molecule has 0 unspecified atom stereocenters. The number of sulfonamides is 1. The van der Waals surface area contributed by atoms with Gasteiger partial charge in [-0.1, -0.05) is 6.92 Å². The van der Waals surface area contributed by atoms with Crippen LogP contribution in [-0.4, -0.2) is 68.7 Å². The van der Waals surface area contributed by atoms with Crippen molar-refractivity contribution in [3.8, 4) is 5.75 Å². The summed E-state index contributed by atoms with van der Waals surface area (Å²) >= 11 is 0. The number of hydrogen-bond donors (Lipinski definition) is 2. The molecule has 2 heterocycles. The van der Waals surface area contributed by atoms with Crippen molar-refractivity contribution in [2.24, 2.45) is 0 Å². The maximum atomic E-state index is 12.9. The molecule has 0 radical (unpaired) electrons. The van der Waals surface area contributed by atoms with E-state index in [2.05, 4.69) is 26.4 Å². The van der Waals surface area contributed by atoms with Crippen LogP contribution in [0.4, 0.5) is 11.5 Å². The molecule has 9 nitrogen and oxygen atoms in total. The Kier molecular flexibility index (Phi) is 7.42. The summed E-state index contributed by atoms with van der Waals surface area (Å²) in [6.45, 7) is 8.90. The minimum Gasteiger partial charge on any atom is -0.494 e. The third-order valence-electron chi connectivity index (χ3n) is 5.96. The number of ether oxygens (including phenoxy) is 1. The normalized spacial score (nSPS) is 14.7. The zero-order valence-electron chi connectivity index (χ0n) is 19.9. The van der Waals surface area contributed by atoms with Crippen LogP contribution in [0.25, 0.3) is 10.9 Å². The van der Waals surface area contributed by atoms with Crippen LogP contribution in [0.2, 0.25) is 0 Å². The standard InChI is InChI=1S/C25H30N4O5S/c1-3-11-28-12-14-29(15-13-28)24-17-22(25(30)31)21-16-18(5-10-23(21)26-24)27-35(32,33)20-8-6-19(7-9-20)34-4-2/h5-10,16-17,27H,3-4,11-15H2,1-2H3,(H,30,31). The molecule has 1 saturated heterocycles. The topological polar surface area (TPSA) is 112 Å². The number of aromatic nitrogens is 1. The summed E-state index contributed by atoms with van der Waals surface area (Å²) in [5, 5.41) is 10.3. The summed E-state index contributed by atoms with van der Waals surface area (Å²) in [4.78, 5) is 21.3. The van der Waals surface area contributed by atoms with Crippen LogP contribution in [0, 0.1) is 0 Å². The summed E-state index contributed by atoms with van der Waals surface area (Å²) < 4.78 is 33.6. The van der Waals surface area contributed by atoms with Crippen LogP contribution in [0.1, 0.15) is 30.6 Å². The summed E-state index contributed by atoms with van der Waals surface area (Å²) in [6, 6.07) is 12.4. The first-order valence-corrected chi connectivity index (χ1v) is 13.2. The van der Waals surface area contributed by atoms with Crippen LogP contribution >= 0.6 is 0 Å². The lowest BCUT2D eigenvalue weighted by Gasteiger charge is -2.35. The van der Waals surface area contributed by atoms with Gasteiger partial charge >= 0.3 is 5.97 Å². The summed E-state index contributed by atoms with van der Waals surface area (Å²) in [5.41, 5.74) is 0.847. The number of nitrogens with one attached hydrogen (secondary N) is 1. The third kappa shape index (κ3) is 5.66. The number of rotatable bonds is 9. The molecule has 0 atom stereocenters. The summed E-state index contributed by atoms with van der Waals surface area (Å²) in [5.74, 6) is 0.112. The molecule has 0 spiro atoms. The minimum absolute atomic E-state index is 0.0789. The van der Waals surface area contributed by atoms with Crippen molar-refractivity contribution in [3.63, 3.8) is 0 Å². The van der Waals surface area contributed by atoms with E-state index >= 15 is 0 Å². The van der Waals surface area contributed by atoms with Gasteiger partial charge in [0.1, 0.15) is 11.6 Å². The number of fused-ring (bicyclic) bond motifs is 1. The molecular formula is C25H30N4O5S. The highest BCUT2D eigenvalue weighted by atomic mass is 32.2. The Morgan fingerprint density at radius 2 is 1.77 bits per heavy atom. The Bertz CT molecular complexity index is 1300. The number of anilines is 2. The smallest absolute Gasteiger partial charge is 0.336 e. The molecule has 186 valence electrons. The van der Waals surface area contributed by atoms with Gasteiger partial charge in [-0.2, -0.15) is 0 Å². The van der Waals surface area contributed by atoms with Crippen molar-refractivity contribution in [3.05, 3.63) is 54.1 Å². The van der Waals surface area contributed by atoms with Crippen molar-refractivity contribution < 1.29 is 23.1 Å². The molecule has 0 aliphatic carbocycles. The van der Waals surface area contributed by atoms with Crippen molar-refractivity contribution >= 4 is 38.4 Å². The molecule has 0 bridgehead atoms. The zero-order chi connectivity index (χ0) is 25.0. The van der Waals surface area contributed by atoms with Crippen LogP contribution < -0.4 is 14.4 Å². The predicted octanol–water partition coefficient (Wildman–Crippen LogP) is 3.66. The second-order valence-electron chi connectivity index (χ2n) is 8.40. The number of hydrogen-bond acceptors (Lipinski definition) is 7. The number of pyridine rings is 1. The van der Waals surface area contributed by atoms with Gasteiger partial charge in [-0.05, 0) is 68.4 Å². The molecule has 0 saturated carbocycles. The number of piperazine rings is 1. The maximum absolute atomic E-state index is 12.9. The molecule has 1 aromatic heterocycles. The Morgan fingerprint density at radius 1 is 1.06 bits per heavy atom. The van der Waals surface area contributed by atoms with Gasteiger partial charge in [-0.15, -0.1) is 0 Å². The van der Waals surface area contributed by atoms with E-state index < -0.39 is 16.0 Å². The van der Waals surface area contributed by atoms with Crippen molar-refractivity contribution in [2.75, 3.05) is 49.0 Å².